The molecule has 1 fully saturated rings. The third-order valence-electron chi connectivity index (χ3n) is 3.65. The Labute approximate surface area is 144 Å². The summed E-state index contributed by atoms with van der Waals surface area (Å²) >= 11 is 1.74. The molecule has 1 atom stereocenters. The van der Waals surface area contributed by atoms with Crippen molar-refractivity contribution in [2.45, 2.75) is 23.5 Å². The average molecular weight is 360 g/mol. The summed E-state index contributed by atoms with van der Waals surface area (Å²) in [6.07, 6.45) is -3.45. The molecule has 4 nitrogen and oxygen atoms in total. The molecule has 1 heterocycles. The van der Waals surface area contributed by atoms with Gasteiger partial charge in [0.25, 0.3) is 0 Å². The number of halogens is 3. The number of thioether (sulfide) groups is 1. The first kappa shape index (κ1) is 18.9. The lowest BCUT2D eigenvalue weighted by Crippen LogP contribution is -2.45. The highest BCUT2D eigenvalue weighted by Crippen LogP contribution is 2.20. The van der Waals surface area contributed by atoms with Crippen LogP contribution in [0.3, 0.4) is 0 Å². The Balaban J connectivity index is 1.66. The maximum atomic E-state index is 12.4. The molecule has 1 aliphatic heterocycles. The van der Waals surface area contributed by atoms with Crippen LogP contribution in [0.25, 0.3) is 0 Å². The Bertz CT molecular complexity index is 522. The smallest absolute Gasteiger partial charge is 0.356 e. The Kier molecular flexibility index (Phi) is 7.23. The highest BCUT2D eigenvalue weighted by atomic mass is 32.2. The minimum atomic E-state index is -4.14. The standard InChI is InChI=1S/C16H23F3N4S/c1-20-15(21-8-10-24-14-5-3-2-4-6-14)22-13-7-9-23(11-13)12-16(17,18)19/h2-6,13H,7-12H2,1H3,(H2,20,21,22). The third kappa shape index (κ3) is 7.00. The fourth-order valence-electron chi connectivity index (χ4n) is 2.59. The molecular weight excluding hydrogens is 337 g/mol. The number of rotatable bonds is 6. The number of benzene rings is 1. The first-order valence-corrected chi connectivity index (χ1v) is 8.89. The Morgan fingerprint density at radius 2 is 2.08 bits per heavy atom. The van der Waals surface area contributed by atoms with Crippen LogP contribution < -0.4 is 10.6 Å². The maximum Gasteiger partial charge on any atom is 0.401 e. The van der Waals surface area contributed by atoms with Crippen LogP contribution in [0.15, 0.2) is 40.2 Å². The molecule has 1 aromatic rings. The number of alkyl halides is 3. The van der Waals surface area contributed by atoms with Crippen LogP contribution in [0, 0.1) is 0 Å². The van der Waals surface area contributed by atoms with Crippen LogP contribution in [0.2, 0.25) is 0 Å². The summed E-state index contributed by atoms with van der Waals surface area (Å²) in [7, 11) is 1.67. The predicted molar refractivity (Wildman–Crippen MR) is 92.6 cm³/mol. The lowest BCUT2D eigenvalue weighted by molar-refractivity contribution is -0.143. The molecule has 24 heavy (non-hydrogen) atoms. The van der Waals surface area contributed by atoms with Crippen LogP contribution >= 0.6 is 11.8 Å². The van der Waals surface area contributed by atoms with E-state index in [4.69, 9.17) is 0 Å². The molecule has 0 saturated carbocycles. The van der Waals surface area contributed by atoms with Crippen molar-refractivity contribution >= 4 is 17.7 Å². The van der Waals surface area contributed by atoms with Crippen molar-refractivity contribution in [3.8, 4) is 0 Å². The average Bonchev–Trinajstić information content (AvgIpc) is 2.96. The number of nitrogens with one attached hydrogen (secondary N) is 2. The summed E-state index contributed by atoms with van der Waals surface area (Å²) in [6, 6.07) is 10.1. The van der Waals surface area contributed by atoms with Gasteiger partial charge < -0.3 is 10.6 Å². The van der Waals surface area contributed by atoms with Crippen LogP contribution in [-0.4, -0.2) is 62.1 Å². The van der Waals surface area contributed by atoms with E-state index >= 15 is 0 Å². The molecule has 0 bridgehead atoms. The number of nitrogens with zero attached hydrogens (tertiary/aromatic N) is 2. The van der Waals surface area contributed by atoms with E-state index in [1.807, 2.05) is 18.2 Å². The second kappa shape index (κ2) is 9.17. The van der Waals surface area contributed by atoms with Gasteiger partial charge in [0.05, 0.1) is 6.54 Å². The summed E-state index contributed by atoms with van der Waals surface area (Å²) in [4.78, 5) is 6.78. The van der Waals surface area contributed by atoms with Crippen molar-refractivity contribution in [1.82, 2.24) is 15.5 Å². The minimum absolute atomic E-state index is 0.000302. The van der Waals surface area contributed by atoms with E-state index in [1.54, 1.807) is 18.8 Å². The lowest BCUT2D eigenvalue weighted by atomic mass is 10.3. The predicted octanol–water partition coefficient (Wildman–Crippen LogP) is 2.58. The topological polar surface area (TPSA) is 39.7 Å². The van der Waals surface area contributed by atoms with Crippen LogP contribution in [0.4, 0.5) is 13.2 Å². The fourth-order valence-corrected chi connectivity index (χ4v) is 3.38. The van der Waals surface area contributed by atoms with Crippen LogP contribution in [0.5, 0.6) is 0 Å². The number of aliphatic imine (C=N–C) groups is 1. The van der Waals surface area contributed by atoms with Crippen molar-refractivity contribution < 1.29 is 13.2 Å². The van der Waals surface area contributed by atoms with Gasteiger partial charge in [-0.05, 0) is 18.6 Å². The largest absolute Gasteiger partial charge is 0.401 e. The van der Waals surface area contributed by atoms with Gasteiger partial charge in [-0.3, -0.25) is 9.89 Å². The van der Waals surface area contributed by atoms with Gasteiger partial charge in [0, 0.05) is 43.4 Å². The van der Waals surface area contributed by atoms with Gasteiger partial charge in [0.2, 0.25) is 0 Å². The molecule has 1 aliphatic rings. The van der Waals surface area contributed by atoms with Crippen molar-refractivity contribution in [2.75, 3.05) is 39.0 Å². The first-order chi connectivity index (χ1) is 11.5. The molecule has 134 valence electrons. The number of hydrogen-bond acceptors (Lipinski definition) is 3. The van der Waals surface area contributed by atoms with Gasteiger partial charge in [-0.15, -0.1) is 11.8 Å². The van der Waals surface area contributed by atoms with Gasteiger partial charge >= 0.3 is 6.18 Å². The quantitative estimate of drug-likeness (QED) is 0.354. The molecule has 2 rings (SSSR count). The SMILES string of the molecule is CN=C(NCCSc1ccccc1)NC1CCN(CC(F)(F)F)C1. The second-order valence-electron chi connectivity index (χ2n) is 5.64. The first-order valence-electron chi connectivity index (χ1n) is 7.90. The van der Waals surface area contributed by atoms with E-state index in [0.717, 1.165) is 12.3 Å². The number of likely N-dealkylation sites (tertiary alicyclic amines) is 1. The molecular formula is C16H23F3N4S. The third-order valence-corrected chi connectivity index (χ3v) is 4.66. The second-order valence-corrected chi connectivity index (χ2v) is 6.81. The maximum absolute atomic E-state index is 12.4. The van der Waals surface area contributed by atoms with Gasteiger partial charge in [0.1, 0.15) is 0 Å². The number of hydrogen-bond donors (Lipinski definition) is 2. The summed E-state index contributed by atoms with van der Waals surface area (Å²) < 4.78 is 37.2. The van der Waals surface area contributed by atoms with Crippen molar-refractivity contribution in [1.29, 1.82) is 0 Å². The zero-order valence-corrected chi connectivity index (χ0v) is 14.5. The summed E-state index contributed by atoms with van der Waals surface area (Å²) in [5.41, 5.74) is 0. The number of guanidine groups is 1. The highest BCUT2D eigenvalue weighted by molar-refractivity contribution is 7.99. The molecule has 0 spiro atoms. The van der Waals surface area contributed by atoms with Crippen molar-refractivity contribution in [3.63, 3.8) is 0 Å². The molecule has 8 heteroatoms. The summed E-state index contributed by atoms with van der Waals surface area (Å²) in [5.74, 6) is 1.53. The molecule has 0 aliphatic carbocycles. The van der Waals surface area contributed by atoms with Crippen molar-refractivity contribution in [3.05, 3.63) is 30.3 Å². The van der Waals surface area contributed by atoms with E-state index in [9.17, 15) is 13.2 Å². The van der Waals surface area contributed by atoms with E-state index in [2.05, 4.69) is 27.8 Å². The van der Waals surface area contributed by atoms with Crippen LogP contribution in [-0.2, 0) is 0 Å². The molecule has 0 radical (unpaired) electrons. The highest BCUT2D eigenvalue weighted by Gasteiger charge is 2.34. The van der Waals surface area contributed by atoms with Crippen LogP contribution in [0.1, 0.15) is 6.42 Å². The Hall–Kier alpha value is -1.41. The fraction of sp³-hybridized carbons (Fsp3) is 0.562. The Morgan fingerprint density at radius 1 is 1.33 bits per heavy atom. The summed E-state index contributed by atoms with van der Waals surface area (Å²) in [5, 5.41) is 6.41. The van der Waals surface area contributed by atoms with E-state index in [1.165, 1.54) is 9.80 Å². The zero-order chi connectivity index (χ0) is 17.4. The molecule has 0 aromatic heterocycles. The van der Waals surface area contributed by atoms with Gasteiger partial charge in [-0.25, -0.2) is 0 Å². The molecule has 1 unspecified atom stereocenters. The minimum Gasteiger partial charge on any atom is -0.356 e. The van der Waals surface area contributed by atoms with Gasteiger partial charge in [0.15, 0.2) is 5.96 Å². The molecule has 2 N–H and O–H groups in total. The normalized spacial score (nSPS) is 19.5. The molecule has 1 aromatic carbocycles. The van der Waals surface area contributed by atoms with E-state index < -0.39 is 12.7 Å². The summed E-state index contributed by atoms with van der Waals surface area (Å²) in [6.45, 7) is 0.736. The van der Waals surface area contributed by atoms with Gasteiger partial charge in [-0.2, -0.15) is 13.2 Å². The van der Waals surface area contributed by atoms with Gasteiger partial charge in [-0.1, -0.05) is 18.2 Å². The van der Waals surface area contributed by atoms with E-state index in [-0.39, 0.29) is 6.04 Å². The zero-order valence-electron chi connectivity index (χ0n) is 13.6. The van der Waals surface area contributed by atoms with E-state index in [0.29, 0.717) is 25.5 Å². The lowest BCUT2D eigenvalue weighted by Gasteiger charge is -2.19. The van der Waals surface area contributed by atoms with Crippen molar-refractivity contribution in [2.24, 2.45) is 4.99 Å². The monoisotopic (exact) mass is 360 g/mol. The molecule has 1 saturated heterocycles. The molecule has 0 amide bonds. The Morgan fingerprint density at radius 3 is 2.75 bits per heavy atom.